The minimum Gasteiger partial charge on any atom is -0.391 e. The van der Waals surface area contributed by atoms with Crippen molar-refractivity contribution in [3.63, 3.8) is 0 Å². The van der Waals surface area contributed by atoms with Crippen molar-refractivity contribution in [1.29, 1.82) is 0 Å². The first-order valence-electron chi connectivity index (χ1n) is 7.72. The summed E-state index contributed by atoms with van der Waals surface area (Å²) in [7, 11) is -5.58. The van der Waals surface area contributed by atoms with Crippen molar-refractivity contribution >= 4 is 44.6 Å². The van der Waals surface area contributed by atoms with E-state index < -0.39 is 15.5 Å². The smallest absolute Gasteiger partial charge is 0.391 e. The van der Waals surface area contributed by atoms with Crippen molar-refractivity contribution in [2.45, 2.75) is 26.0 Å². The molecule has 0 atom stereocenters. The van der Waals surface area contributed by atoms with Crippen LogP contribution in [0, 0.1) is 6.92 Å². The van der Waals surface area contributed by atoms with Crippen LogP contribution in [-0.2, 0) is 21.5 Å². The maximum absolute atomic E-state index is 12.7. The number of oxime groups is 1. The highest BCUT2D eigenvalue weighted by Crippen LogP contribution is 2.28. The van der Waals surface area contributed by atoms with E-state index in [1.807, 2.05) is 0 Å². The van der Waals surface area contributed by atoms with Crippen LogP contribution in [0.3, 0.4) is 0 Å². The second kappa shape index (κ2) is 8.59. The number of nitrogens with zero attached hydrogens (tertiary/aromatic N) is 1. The third-order valence-corrected chi connectivity index (χ3v) is 5.39. The Hall–Kier alpha value is -1.97. The van der Waals surface area contributed by atoms with Crippen LogP contribution in [0.5, 0.6) is 0 Å². The van der Waals surface area contributed by atoms with Crippen LogP contribution >= 0.6 is 23.2 Å². The predicted octanol–water partition coefficient (Wildman–Crippen LogP) is 5.50. The average molecular weight is 455 g/mol. The van der Waals surface area contributed by atoms with Crippen LogP contribution < -0.4 is 4.72 Å². The number of anilines is 1. The average Bonchev–Trinajstić information content (AvgIpc) is 2.57. The number of benzene rings is 2. The lowest BCUT2D eigenvalue weighted by molar-refractivity contribution is -0.0429. The SMILES string of the molecule is C/C(=N\OCc1c(Cl)cccc1Cl)c1cc(C)ccc1NS(=O)(=O)C(F)(F)F. The summed E-state index contributed by atoms with van der Waals surface area (Å²) in [5.74, 6) is 0. The van der Waals surface area contributed by atoms with Crippen LogP contribution in [0.4, 0.5) is 18.9 Å². The topological polar surface area (TPSA) is 67.8 Å². The molecule has 0 amide bonds. The Kier molecular flexibility index (Phi) is 6.84. The van der Waals surface area contributed by atoms with E-state index in [9.17, 15) is 21.6 Å². The number of aryl methyl sites for hydroxylation is 1. The van der Waals surface area contributed by atoms with E-state index in [0.717, 1.165) is 0 Å². The van der Waals surface area contributed by atoms with Crippen molar-refractivity contribution in [2.75, 3.05) is 4.72 Å². The Morgan fingerprint density at radius 3 is 2.36 bits per heavy atom. The Morgan fingerprint density at radius 1 is 1.18 bits per heavy atom. The molecule has 0 bridgehead atoms. The molecular weight excluding hydrogens is 440 g/mol. The largest absolute Gasteiger partial charge is 0.516 e. The number of rotatable bonds is 6. The van der Waals surface area contributed by atoms with Crippen LogP contribution in [0.2, 0.25) is 10.0 Å². The molecule has 2 rings (SSSR count). The normalized spacial score (nSPS) is 12.8. The maximum atomic E-state index is 12.7. The highest BCUT2D eigenvalue weighted by atomic mass is 35.5. The lowest BCUT2D eigenvalue weighted by Gasteiger charge is -2.14. The molecule has 0 radical (unpaired) electrons. The summed E-state index contributed by atoms with van der Waals surface area (Å²) in [6, 6.07) is 9.07. The van der Waals surface area contributed by atoms with E-state index in [1.165, 1.54) is 29.8 Å². The molecule has 2 aromatic rings. The molecule has 28 heavy (non-hydrogen) atoms. The van der Waals surface area contributed by atoms with Gasteiger partial charge in [-0.1, -0.05) is 46.1 Å². The fourth-order valence-corrected chi connectivity index (χ4v) is 3.25. The molecule has 0 aliphatic heterocycles. The number of hydrogen-bond acceptors (Lipinski definition) is 4. The van der Waals surface area contributed by atoms with Gasteiger partial charge < -0.3 is 4.84 Å². The zero-order chi connectivity index (χ0) is 21.1. The van der Waals surface area contributed by atoms with Gasteiger partial charge in [-0.25, -0.2) is 0 Å². The van der Waals surface area contributed by atoms with Crippen molar-refractivity contribution in [3.05, 3.63) is 63.1 Å². The monoisotopic (exact) mass is 454 g/mol. The molecule has 0 aliphatic carbocycles. The first-order chi connectivity index (χ1) is 12.9. The van der Waals surface area contributed by atoms with Gasteiger partial charge in [-0.15, -0.1) is 0 Å². The number of alkyl halides is 3. The fraction of sp³-hybridized carbons (Fsp3) is 0.235. The number of halogens is 5. The Balaban J connectivity index is 2.28. The minimum atomic E-state index is -5.58. The van der Waals surface area contributed by atoms with Crippen LogP contribution in [0.15, 0.2) is 41.6 Å². The molecule has 0 unspecified atom stereocenters. The summed E-state index contributed by atoms with van der Waals surface area (Å²) >= 11 is 12.1. The van der Waals surface area contributed by atoms with E-state index in [4.69, 9.17) is 28.0 Å². The molecule has 1 N–H and O–H groups in total. The van der Waals surface area contributed by atoms with Crippen LogP contribution in [-0.4, -0.2) is 19.6 Å². The van der Waals surface area contributed by atoms with E-state index in [0.29, 0.717) is 21.2 Å². The van der Waals surface area contributed by atoms with Crippen molar-refractivity contribution in [1.82, 2.24) is 0 Å². The molecule has 0 aliphatic rings. The zero-order valence-corrected chi connectivity index (χ0v) is 17.0. The number of hydrogen-bond donors (Lipinski definition) is 1. The van der Waals surface area contributed by atoms with Crippen molar-refractivity contribution < 1.29 is 26.4 Å². The van der Waals surface area contributed by atoms with E-state index in [1.54, 1.807) is 25.1 Å². The molecular formula is C17H15Cl2F3N2O3S. The second-order valence-corrected chi connectivity index (χ2v) is 8.24. The van der Waals surface area contributed by atoms with Gasteiger partial charge in [-0.05, 0) is 38.1 Å². The third-order valence-electron chi connectivity index (χ3n) is 3.59. The van der Waals surface area contributed by atoms with E-state index >= 15 is 0 Å². The predicted molar refractivity (Wildman–Crippen MR) is 103 cm³/mol. The molecule has 152 valence electrons. The summed E-state index contributed by atoms with van der Waals surface area (Å²) in [5, 5.41) is 4.59. The number of sulfonamides is 1. The second-order valence-electron chi connectivity index (χ2n) is 5.75. The summed E-state index contributed by atoms with van der Waals surface area (Å²) in [6.07, 6.45) is 0. The minimum absolute atomic E-state index is 0.0781. The molecule has 0 saturated heterocycles. The molecule has 2 aromatic carbocycles. The van der Waals surface area contributed by atoms with Crippen molar-refractivity contribution in [3.8, 4) is 0 Å². The molecule has 0 fully saturated rings. The van der Waals surface area contributed by atoms with Gasteiger partial charge >= 0.3 is 15.5 Å². The van der Waals surface area contributed by atoms with Gasteiger partial charge in [0.05, 0.1) is 11.4 Å². The lowest BCUT2D eigenvalue weighted by atomic mass is 10.1. The summed E-state index contributed by atoms with van der Waals surface area (Å²) in [6.45, 7) is 3.09. The molecule has 0 saturated carbocycles. The maximum Gasteiger partial charge on any atom is 0.516 e. The highest BCUT2D eigenvalue weighted by molar-refractivity contribution is 7.93. The summed E-state index contributed by atoms with van der Waals surface area (Å²) in [4.78, 5) is 5.21. The van der Waals surface area contributed by atoms with Gasteiger partial charge in [0.15, 0.2) is 0 Å². The van der Waals surface area contributed by atoms with Gasteiger partial charge in [0.1, 0.15) is 6.61 Å². The summed E-state index contributed by atoms with van der Waals surface area (Å²) < 4.78 is 62.4. The zero-order valence-electron chi connectivity index (χ0n) is 14.6. The first kappa shape index (κ1) is 22.3. The van der Waals surface area contributed by atoms with Crippen molar-refractivity contribution in [2.24, 2.45) is 5.16 Å². The van der Waals surface area contributed by atoms with Gasteiger partial charge in [0, 0.05) is 21.2 Å². The van der Waals surface area contributed by atoms with Crippen LogP contribution in [0.25, 0.3) is 0 Å². The van der Waals surface area contributed by atoms with E-state index in [2.05, 4.69) is 5.16 Å². The lowest BCUT2D eigenvalue weighted by Crippen LogP contribution is -2.30. The van der Waals surface area contributed by atoms with E-state index in [-0.39, 0.29) is 23.6 Å². The Labute approximate surface area is 170 Å². The van der Waals surface area contributed by atoms with Gasteiger partial charge in [0.25, 0.3) is 0 Å². The number of nitrogens with one attached hydrogen (secondary N) is 1. The Bertz CT molecular complexity index is 989. The summed E-state index contributed by atoms with van der Waals surface area (Å²) in [5.41, 5.74) is -4.25. The molecule has 0 spiro atoms. The molecule has 5 nitrogen and oxygen atoms in total. The molecule has 0 heterocycles. The van der Waals surface area contributed by atoms with Gasteiger partial charge in [-0.2, -0.15) is 21.6 Å². The molecule has 11 heteroatoms. The first-order valence-corrected chi connectivity index (χ1v) is 9.96. The van der Waals surface area contributed by atoms with Gasteiger partial charge in [0.2, 0.25) is 0 Å². The molecule has 0 aromatic heterocycles. The van der Waals surface area contributed by atoms with Crippen LogP contribution in [0.1, 0.15) is 23.6 Å². The fourth-order valence-electron chi connectivity index (χ4n) is 2.16. The third kappa shape index (κ3) is 5.30. The standard InChI is InChI=1S/C17H15Cl2F3N2O3S/c1-10-6-7-16(24-28(25,26)17(20,21)22)12(8-10)11(2)23-27-9-13-14(18)4-3-5-15(13)19/h3-8,24H,9H2,1-2H3/b23-11+. The Morgan fingerprint density at radius 2 is 1.79 bits per heavy atom. The highest BCUT2D eigenvalue weighted by Gasteiger charge is 2.46. The van der Waals surface area contributed by atoms with Gasteiger partial charge in [-0.3, -0.25) is 4.72 Å². The quantitative estimate of drug-likeness (QED) is 0.462.